The van der Waals surface area contributed by atoms with Crippen LogP contribution in [0.5, 0.6) is 0 Å². The maximum atomic E-state index is 11.3. The highest BCUT2D eigenvalue weighted by Gasteiger charge is 2.30. The first-order valence-electron chi connectivity index (χ1n) is 10.3. The van der Waals surface area contributed by atoms with E-state index in [0.717, 1.165) is 52.0 Å². The number of aliphatic imine (C=N–C) groups is 1. The molecule has 0 amide bonds. The molecule has 3 aromatic rings. The van der Waals surface area contributed by atoms with E-state index in [4.69, 9.17) is 10.7 Å². The third-order valence-electron chi connectivity index (χ3n) is 6.13. The van der Waals surface area contributed by atoms with E-state index in [9.17, 15) is 9.90 Å². The summed E-state index contributed by atoms with van der Waals surface area (Å²) in [4.78, 5) is 25.1. The maximum Gasteiger partial charge on any atom is 0.306 e. The fourth-order valence-electron chi connectivity index (χ4n) is 4.36. The summed E-state index contributed by atoms with van der Waals surface area (Å²) in [5.74, 6) is -0.337. The lowest BCUT2D eigenvalue weighted by atomic mass is 9.80. The second kappa shape index (κ2) is 7.88. The molecule has 0 radical (unpaired) electrons. The number of nitrogens with zero attached hydrogens (tertiary/aromatic N) is 5. The van der Waals surface area contributed by atoms with Crippen molar-refractivity contribution in [2.24, 2.45) is 10.9 Å². The second-order valence-electron chi connectivity index (χ2n) is 7.97. The van der Waals surface area contributed by atoms with E-state index < -0.39 is 5.97 Å². The Balaban J connectivity index is 1.50. The number of halogens is 1. The molecule has 31 heavy (non-hydrogen) atoms. The molecule has 158 valence electrons. The summed E-state index contributed by atoms with van der Waals surface area (Å²) in [5.41, 5.74) is 11.5. The highest BCUT2D eigenvalue weighted by atomic mass is 79.9. The van der Waals surface area contributed by atoms with Gasteiger partial charge in [0.05, 0.1) is 33.7 Å². The van der Waals surface area contributed by atoms with Crippen LogP contribution >= 0.6 is 15.9 Å². The topological polar surface area (TPSA) is 119 Å². The minimum absolute atomic E-state index is 0.161. The molecule has 1 saturated carbocycles. The highest BCUT2D eigenvalue weighted by Crippen LogP contribution is 2.40. The molecule has 3 N–H and O–H groups in total. The van der Waals surface area contributed by atoms with Gasteiger partial charge in [-0.25, -0.2) is 4.98 Å². The Hall–Kier alpha value is -3.07. The molecule has 4 heterocycles. The van der Waals surface area contributed by atoms with Crippen LogP contribution in [0.1, 0.15) is 49.4 Å². The number of allylic oxidation sites excluding steroid dienone is 1. The summed E-state index contributed by atoms with van der Waals surface area (Å²) in [6, 6.07) is 3.96. The van der Waals surface area contributed by atoms with Crippen molar-refractivity contribution in [3.05, 3.63) is 52.7 Å². The number of hydrogen-bond acceptors (Lipinski definition) is 6. The number of hydrogen-bond donors (Lipinski definition) is 2. The first kappa shape index (κ1) is 19.9. The summed E-state index contributed by atoms with van der Waals surface area (Å²) in [7, 11) is 0. The minimum Gasteiger partial charge on any atom is -0.481 e. The largest absolute Gasteiger partial charge is 0.481 e. The van der Waals surface area contributed by atoms with Gasteiger partial charge in [-0.1, -0.05) is 12.1 Å². The number of pyridine rings is 1. The van der Waals surface area contributed by atoms with Crippen molar-refractivity contribution in [3.63, 3.8) is 0 Å². The quantitative estimate of drug-likeness (QED) is 0.577. The molecular formula is C22H21BrN6O2. The molecule has 0 aromatic carbocycles. The number of aromatic nitrogens is 4. The predicted octanol–water partition coefficient (Wildman–Crippen LogP) is 4.20. The van der Waals surface area contributed by atoms with Gasteiger partial charge in [-0.3, -0.25) is 14.8 Å². The van der Waals surface area contributed by atoms with E-state index in [0.29, 0.717) is 24.3 Å². The first-order valence-corrected chi connectivity index (χ1v) is 11.1. The summed E-state index contributed by atoms with van der Waals surface area (Å²) in [6.07, 6.45) is 11.0. The number of rotatable bonds is 4. The molecule has 9 heteroatoms. The van der Waals surface area contributed by atoms with Gasteiger partial charge in [-0.2, -0.15) is 9.61 Å². The Morgan fingerprint density at radius 1 is 1.19 bits per heavy atom. The molecule has 8 nitrogen and oxygen atoms in total. The fourth-order valence-corrected chi connectivity index (χ4v) is 4.94. The zero-order chi connectivity index (χ0) is 21.5. The predicted molar refractivity (Wildman–Crippen MR) is 121 cm³/mol. The van der Waals surface area contributed by atoms with Crippen LogP contribution in [-0.4, -0.2) is 36.4 Å². The van der Waals surface area contributed by atoms with Crippen molar-refractivity contribution in [2.75, 3.05) is 5.73 Å². The summed E-state index contributed by atoms with van der Waals surface area (Å²) < 4.78 is 2.36. The first-order chi connectivity index (χ1) is 15.0. The van der Waals surface area contributed by atoms with Gasteiger partial charge in [0.15, 0.2) is 5.65 Å². The molecule has 0 bridgehead atoms. The number of nitrogen functional groups attached to an aromatic ring is 1. The average Bonchev–Trinajstić information content (AvgIpc) is 3.47. The van der Waals surface area contributed by atoms with Crippen LogP contribution in [0.25, 0.3) is 16.8 Å². The van der Waals surface area contributed by atoms with Gasteiger partial charge in [-0.15, -0.1) is 0 Å². The van der Waals surface area contributed by atoms with Crippen LogP contribution in [0, 0.1) is 5.92 Å². The van der Waals surface area contributed by atoms with Crippen molar-refractivity contribution in [1.29, 1.82) is 0 Å². The SMILES string of the molecule is Nc1c(Br)c(C2CCC(C(=O)O)CC2)nc2c(-c3ccc(C4=NC=CC4)nc3)cnn12. The molecule has 1 fully saturated rings. The normalized spacial score (nSPS) is 20.9. The maximum absolute atomic E-state index is 11.3. The van der Waals surface area contributed by atoms with Crippen LogP contribution in [0.4, 0.5) is 5.82 Å². The summed E-state index contributed by atoms with van der Waals surface area (Å²) in [6.45, 7) is 0. The molecule has 0 spiro atoms. The van der Waals surface area contributed by atoms with E-state index in [1.165, 1.54) is 0 Å². The Labute approximate surface area is 187 Å². The summed E-state index contributed by atoms with van der Waals surface area (Å²) >= 11 is 3.60. The lowest BCUT2D eigenvalue weighted by molar-refractivity contribution is -0.142. The van der Waals surface area contributed by atoms with E-state index in [1.807, 2.05) is 24.4 Å². The number of aliphatic carboxylic acids is 1. The third-order valence-corrected chi connectivity index (χ3v) is 6.94. The van der Waals surface area contributed by atoms with Crippen LogP contribution < -0.4 is 5.73 Å². The zero-order valence-electron chi connectivity index (χ0n) is 16.7. The Kier molecular flexibility index (Phi) is 5.05. The second-order valence-corrected chi connectivity index (χ2v) is 8.77. The molecule has 3 aromatic heterocycles. The summed E-state index contributed by atoms with van der Waals surface area (Å²) in [5, 5.41) is 13.7. The van der Waals surface area contributed by atoms with Gasteiger partial charge in [0.25, 0.3) is 0 Å². The number of nitrogens with two attached hydrogens (primary N) is 1. The van der Waals surface area contributed by atoms with Crippen LogP contribution in [0.15, 0.2) is 46.3 Å². The van der Waals surface area contributed by atoms with Crippen LogP contribution in [0.3, 0.4) is 0 Å². The fraction of sp³-hybridized carbons (Fsp3) is 0.318. The van der Waals surface area contributed by atoms with E-state index in [2.05, 4.69) is 31.0 Å². The van der Waals surface area contributed by atoms with E-state index in [-0.39, 0.29) is 11.8 Å². The standard InChI is InChI=1S/C22H21BrN6O2/c23-18-19(12-3-5-13(6-4-12)22(30)31)28-21-15(11-27-29(21)20(18)24)14-7-8-17(26-10-14)16-2-1-9-25-16/h1,7-13H,2-6,24H2,(H,30,31). The lowest BCUT2D eigenvalue weighted by Crippen LogP contribution is -2.21. The number of carbonyl (C=O) groups is 1. The number of fused-ring (bicyclic) bond motifs is 1. The van der Waals surface area contributed by atoms with Gasteiger partial charge >= 0.3 is 5.97 Å². The Morgan fingerprint density at radius 3 is 2.65 bits per heavy atom. The van der Waals surface area contributed by atoms with Gasteiger partial charge < -0.3 is 10.8 Å². The molecule has 0 saturated heterocycles. The molecular weight excluding hydrogens is 460 g/mol. The molecule has 1 aliphatic heterocycles. The number of carboxylic acid groups (broad SMARTS) is 1. The van der Waals surface area contributed by atoms with Gasteiger partial charge in [0.2, 0.25) is 0 Å². The van der Waals surface area contributed by atoms with Crippen molar-refractivity contribution in [3.8, 4) is 11.1 Å². The molecule has 1 aliphatic carbocycles. The van der Waals surface area contributed by atoms with Crippen LogP contribution in [-0.2, 0) is 4.79 Å². The van der Waals surface area contributed by atoms with Crippen molar-refractivity contribution < 1.29 is 9.90 Å². The monoisotopic (exact) mass is 480 g/mol. The van der Waals surface area contributed by atoms with Crippen molar-refractivity contribution >= 4 is 39.1 Å². The molecule has 0 unspecified atom stereocenters. The average molecular weight is 481 g/mol. The molecule has 2 aliphatic rings. The third kappa shape index (κ3) is 3.52. The smallest absolute Gasteiger partial charge is 0.306 e. The minimum atomic E-state index is -0.714. The Bertz CT molecular complexity index is 1220. The van der Waals surface area contributed by atoms with Gasteiger partial charge in [0, 0.05) is 35.9 Å². The van der Waals surface area contributed by atoms with Gasteiger partial charge in [-0.05, 0) is 47.7 Å². The van der Waals surface area contributed by atoms with E-state index in [1.54, 1.807) is 16.9 Å². The lowest BCUT2D eigenvalue weighted by Gasteiger charge is -2.26. The molecule has 5 rings (SSSR count). The molecule has 0 atom stereocenters. The highest BCUT2D eigenvalue weighted by molar-refractivity contribution is 9.10. The van der Waals surface area contributed by atoms with Crippen LogP contribution in [0.2, 0.25) is 0 Å². The Morgan fingerprint density at radius 2 is 2.00 bits per heavy atom. The van der Waals surface area contributed by atoms with Crippen molar-refractivity contribution in [2.45, 2.75) is 38.0 Å². The van der Waals surface area contributed by atoms with E-state index >= 15 is 0 Å². The van der Waals surface area contributed by atoms with Gasteiger partial charge in [0.1, 0.15) is 5.82 Å². The zero-order valence-corrected chi connectivity index (χ0v) is 18.3. The van der Waals surface area contributed by atoms with Crippen molar-refractivity contribution in [1.82, 2.24) is 19.6 Å². The number of carboxylic acids is 1. The number of anilines is 1.